The summed E-state index contributed by atoms with van der Waals surface area (Å²) in [5.74, 6) is 1.71. The summed E-state index contributed by atoms with van der Waals surface area (Å²) < 4.78 is 5.78. The number of furan rings is 1. The summed E-state index contributed by atoms with van der Waals surface area (Å²) in [6, 6.07) is 11.6. The van der Waals surface area contributed by atoms with E-state index in [0.29, 0.717) is 6.54 Å². The highest BCUT2D eigenvalue weighted by atomic mass is 16.3. The van der Waals surface area contributed by atoms with Crippen LogP contribution in [0.4, 0.5) is 0 Å². The lowest BCUT2D eigenvalue weighted by Crippen LogP contribution is -2.84. The van der Waals surface area contributed by atoms with E-state index in [1.807, 2.05) is 41.7 Å². The first-order chi connectivity index (χ1) is 9.56. The predicted molar refractivity (Wildman–Crippen MR) is 77.0 cm³/mol. The molecule has 0 aliphatic heterocycles. The number of hydrogen-bond donors (Lipinski definition) is 3. The van der Waals surface area contributed by atoms with Crippen molar-refractivity contribution < 1.29 is 19.9 Å². The minimum absolute atomic E-state index is 0.308. The van der Waals surface area contributed by atoms with E-state index >= 15 is 0 Å². The number of aliphatic hydroxyl groups is 2. The molecular formula is C16H22NO3+. The van der Waals surface area contributed by atoms with Crippen LogP contribution in [0.25, 0.3) is 11.3 Å². The van der Waals surface area contributed by atoms with Crippen LogP contribution in [0.1, 0.15) is 31.3 Å². The molecule has 2 aromatic rings. The van der Waals surface area contributed by atoms with Crippen molar-refractivity contribution in [1.29, 1.82) is 0 Å². The van der Waals surface area contributed by atoms with Crippen LogP contribution in [-0.2, 0) is 6.54 Å². The van der Waals surface area contributed by atoms with Crippen LogP contribution in [0, 0.1) is 0 Å². The Morgan fingerprint density at radius 2 is 1.75 bits per heavy atom. The van der Waals surface area contributed by atoms with E-state index < -0.39 is 6.10 Å². The van der Waals surface area contributed by atoms with E-state index in [9.17, 15) is 10.2 Å². The lowest BCUT2D eigenvalue weighted by atomic mass is 10.1. The van der Waals surface area contributed by atoms with E-state index in [1.165, 1.54) is 0 Å². The minimum Gasteiger partial charge on any atom is -0.455 e. The second kappa shape index (κ2) is 6.70. The van der Waals surface area contributed by atoms with Crippen molar-refractivity contribution in [3.8, 4) is 11.3 Å². The van der Waals surface area contributed by atoms with Gasteiger partial charge in [0.05, 0.1) is 12.2 Å². The fourth-order valence-electron chi connectivity index (χ4n) is 2.04. The predicted octanol–water partition coefficient (Wildman–Crippen LogP) is 1.44. The largest absolute Gasteiger partial charge is 0.455 e. The Kier molecular flexibility index (Phi) is 4.95. The monoisotopic (exact) mass is 276 g/mol. The minimum atomic E-state index is -0.453. The lowest BCUT2D eigenvalue weighted by Gasteiger charge is -2.05. The molecule has 0 saturated carbocycles. The van der Waals surface area contributed by atoms with E-state index in [4.69, 9.17) is 4.42 Å². The van der Waals surface area contributed by atoms with Crippen LogP contribution in [0.15, 0.2) is 40.8 Å². The van der Waals surface area contributed by atoms with E-state index in [-0.39, 0.29) is 6.10 Å². The Hall–Kier alpha value is -1.62. The van der Waals surface area contributed by atoms with Crippen LogP contribution in [0.3, 0.4) is 0 Å². The Morgan fingerprint density at radius 3 is 2.35 bits per heavy atom. The molecule has 0 aliphatic rings. The number of nitrogens with two attached hydrogens (primary N) is 1. The topological polar surface area (TPSA) is 70.2 Å². The number of benzene rings is 1. The molecule has 4 heteroatoms. The van der Waals surface area contributed by atoms with E-state index in [2.05, 4.69) is 0 Å². The highest BCUT2D eigenvalue weighted by molar-refractivity contribution is 5.58. The van der Waals surface area contributed by atoms with Gasteiger partial charge < -0.3 is 19.9 Å². The molecule has 0 unspecified atom stereocenters. The van der Waals surface area contributed by atoms with Gasteiger partial charge in [-0.05, 0) is 31.5 Å². The van der Waals surface area contributed by atoms with Crippen LogP contribution in [0.2, 0.25) is 0 Å². The summed E-state index contributed by atoms with van der Waals surface area (Å²) in [6.07, 6.45) is -0.760. The molecule has 4 nitrogen and oxygen atoms in total. The standard InChI is InChI=1S/C16H21NO3/c1-11(18)9-17-10-15-7-8-16(20-15)14-5-3-13(4-6-14)12(2)19/h3-8,11-12,17-19H,9-10H2,1-2H3/p+1/t11-,12-/m1/s1. The maximum atomic E-state index is 9.48. The van der Waals surface area contributed by atoms with Gasteiger partial charge in [-0.2, -0.15) is 0 Å². The van der Waals surface area contributed by atoms with E-state index in [0.717, 1.165) is 29.2 Å². The molecule has 0 fully saturated rings. The van der Waals surface area contributed by atoms with Gasteiger partial charge in [0.25, 0.3) is 0 Å². The van der Waals surface area contributed by atoms with Gasteiger partial charge >= 0.3 is 0 Å². The number of rotatable bonds is 6. The number of aliphatic hydroxyl groups excluding tert-OH is 2. The molecule has 2 rings (SSSR count). The molecule has 4 N–H and O–H groups in total. The average molecular weight is 276 g/mol. The third-order valence-corrected chi connectivity index (χ3v) is 3.19. The quantitative estimate of drug-likeness (QED) is 0.748. The Morgan fingerprint density at radius 1 is 1.05 bits per heavy atom. The van der Waals surface area contributed by atoms with Gasteiger partial charge in [-0.1, -0.05) is 24.3 Å². The van der Waals surface area contributed by atoms with Crippen LogP contribution < -0.4 is 5.32 Å². The number of hydrogen-bond acceptors (Lipinski definition) is 3. The van der Waals surface area contributed by atoms with Gasteiger partial charge in [0.2, 0.25) is 0 Å². The normalized spacial score (nSPS) is 14.2. The van der Waals surface area contributed by atoms with Gasteiger partial charge in [-0.3, -0.25) is 0 Å². The van der Waals surface area contributed by atoms with Gasteiger partial charge in [-0.25, -0.2) is 0 Å². The lowest BCUT2D eigenvalue weighted by molar-refractivity contribution is -0.677. The smallest absolute Gasteiger partial charge is 0.158 e. The van der Waals surface area contributed by atoms with Gasteiger partial charge in [0, 0.05) is 5.56 Å². The summed E-state index contributed by atoms with van der Waals surface area (Å²) in [5, 5.41) is 20.7. The molecular weight excluding hydrogens is 254 g/mol. The first-order valence-corrected chi connectivity index (χ1v) is 6.93. The Balaban J connectivity index is 2.01. The maximum Gasteiger partial charge on any atom is 0.158 e. The van der Waals surface area contributed by atoms with Gasteiger partial charge in [-0.15, -0.1) is 0 Å². The van der Waals surface area contributed by atoms with Crippen molar-refractivity contribution in [3.63, 3.8) is 0 Å². The van der Waals surface area contributed by atoms with Crippen molar-refractivity contribution in [1.82, 2.24) is 0 Å². The van der Waals surface area contributed by atoms with E-state index in [1.54, 1.807) is 13.8 Å². The summed E-state index contributed by atoms with van der Waals surface area (Å²) in [6.45, 7) is 4.90. The van der Waals surface area contributed by atoms with Gasteiger partial charge in [0.1, 0.15) is 18.8 Å². The molecule has 0 spiro atoms. The zero-order chi connectivity index (χ0) is 14.5. The molecule has 108 valence electrons. The molecule has 0 amide bonds. The zero-order valence-electron chi connectivity index (χ0n) is 11.9. The van der Waals surface area contributed by atoms with Crippen molar-refractivity contribution in [3.05, 3.63) is 47.7 Å². The molecule has 0 bridgehead atoms. The SMILES string of the molecule is C[C@@H](O)C[NH2+]Cc1ccc(-c2ccc([C@@H](C)O)cc2)o1. The Labute approximate surface area is 119 Å². The molecule has 20 heavy (non-hydrogen) atoms. The highest BCUT2D eigenvalue weighted by Gasteiger charge is 2.08. The first-order valence-electron chi connectivity index (χ1n) is 6.93. The summed E-state index contributed by atoms with van der Waals surface area (Å²) in [4.78, 5) is 0. The molecule has 1 aromatic carbocycles. The van der Waals surface area contributed by atoms with Gasteiger partial charge in [0.15, 0.2) is 5.76 Å². The van der Waals surface area contributed by atoms with Crippen molar-refractivity contribution >= 4 is 0 Å². The second-order valence-electron chi connectivity index (χ2n) is 5.14. The molecule has 0 saturated heterocycles. The van der Waals surface area contributed by atoms with Crippen molar-refractivity contribution in [2.75, 3.05) is 6.54 Å². The molecule has 0 aliphatic carbocycles. The van der Waals surface area contributed by atoms with Crippen molar-refractivity contribution in [2.45, 2.75) is 32.6 Å². The third kappa shape index (κ3) is 3.93. The maximum absolute atomic E-state index is 9.48. The Bertz CT molecular complexity index is 529. The summed E-state index contributed by atoms with van der Waals surface area (Å²) >= 11 is 0. The first kappa shape index (κ1) is 14.8. The highest BCUT2D eigenvalue weighted by Crippen LogP contribution is 2.23. The van der Waals surface area contributed by atoms with Crippen molar-refractivity contribution in [2.24, 2.45) is 0 Å². The zero-order valence-corrected chi connectivity index (χ0v) is 11.9. The molecule has 1 aromatic heterocycles. The average Bonchev–Trinajstić information content (AvgIpc) is 2.87. The second-order valence-corrected chi connectivity index (χ2v) is 5.14. The molecule has 1 heterocycles. The summed E-state index contributed by atoms with van der Waals surface area (Å²) in [7, 11) is 0. The third-order valence-electron chi connectivity index (χ3n) is 3.19. The summed E-state index contributed by atoms with van der Waals surface area (Å²) in [5.41, 5.74) is 1.89. The van der Waals surface area contributed by atoms with Crippen LogP contribution >= 0.6 is 0 Å². The molecule has 0 radical (unpaired) electrons. The van der Waals surface area contributed by atoms with Crippen LogP contribution in [-0.4, -0.2) is 22.9 Å². The fraction of sp³-hybridized carbons (Fsp3) is 0.375. The number of quaternary nitrogens is 1. The fourth-order valence-corrected chi connectivity index (χ4v) is 2.04. The van der Waals surface area contributed by atoms with Crippen LogP contribution in [0.5, 0.6) is 0 Å². The molecule has 2 atom stereocenters.